The molecule has 2 N–H and O–H groups in total. The third-order valence-corrected chi connectivity index (χ3v) is 4.76. The highest BCUT2D eigenvalue weighted by Gasteiger charge is 2.37. The first kappa shape index (κ1) is 15.9. The fourth-order valence-electron chi connectivity index (χ4n) is 3.64. The van der Waals surface area contributed by atoms with E-state index in [0.717, 1.165) is 25.7 Å². The van der Waals surface area contributed by atoms with Crippen molar-refractivity contribution in [3.05, 3.63) is 39.9 Å². The lowest BCUT2D eigenvalue weighted by Gasteiger charge is -2.44. The van der Waals surface area contributed by atoms with Gasteiger partial charge < -0.3 is 10.4 Å². The van der Waals surface area contributed by atoms with Gasteiger partial charge in [-0.15, -0.1) is 0 Å². The maximum Gasteiger partial charge on any atom is 0.269 e. The average molecular weight is 319 g/mol. The zero-order valence-electron chi connectivity index (χ0n) is 12.9. The summed E-state index contributed by atoms with van der Waals surface area (Å²) in [5.41, 5.74) is 0.478. The maximum atomic E-state index is 11.9. The number of rotatable bonds is 4. The zero-order valence-corrected chi connectivity index (χ0v) is 12.9. The van der Waals surface area contributed by atoms with Crippen LogP contribution < -0.4 is 5.32 Å². The molecule has 1 heterocycles. The Balaban J connectivity index is 1.73. The highest BCUT2D eigenvalue weighted by atomic mass is 16.6. The van der Waals surface area contributed by atoms with E-state index < -0.39 is 11.0 Å². The number of aliphatic hydroxyl groups is 1. The molecule has 3 rings (SSSR count). The summed E-state index contributed by atoms with van der Waals surface area (Å²) < 4.78 is 0. The van der Waals surface area contributed by atoms with E-state index in [9.17, 15) is 20.0 Å². The number of nitro benzene ring substituents is 1. The van der Waals surface area contributed by atoms with Gasteiger partial charge in [0.05, 0.1) is 17.6 Å². The number of hydrogen-bond donors (Lipinski definition) is 2. The largest absolute Gasteiger partial charge is 0.387 e. The van der Waals surface area contributed by atoms with Gasteiger partial charge in [0.15, 0.2) is 0 Å². The van der Waals surface area contributed by atoms with Gasteiger partial charge in [-0.2, -0.15) is 0 Å². The number of β-amino-alcohol motifs (C(OH)–C–C–N with tert-alkyl or cyclic N) is 1. The summed E-state index contributed by atoms with van der Waals surface area (Å²) in [5.74, 6) is -0.0145. The van der Waals surface area contributed by atoms with E-state index >= 15 is 0 Å². The van der Waals surface area contributed by atoms with Crippen molar-refractivity contribution < 1.29 is 14.8 Å². The van der Waals surface area contributed by atoms with Gasteiger partial charge in [-0.3, -0.25) is 19.8 Å². The second kappa shape index (κ2) is 6.64. The number of benzene rings is 1. The van der Waals surface area contributed by atoms with Gasteiger partial charge in [0.2, 0.25) is 5.91 Å². The quantitative estimate of drug-likeness (QED) is 0.645. The smallest absolute Gasteiger partial charge is 0.269 e. The number of nitro groups is 1. The molecule has 3 unspecified atom stereocenters. The molecular weight excluding hydrogens is 298 g/mol. The average Bonchev–Trinajstić information content (AvgIpc) is 2.54. The monoisotopic (exact) mass is 319 g/mol. The predicted octanol–water partition coefficient (Wildman–Crippen LogP) is 1.37. The Labute approximate surface area is 134 Å². The summed E-state index contributed by atoms with van der Waals surface area (Å²) in [6, 6.07) is 6.45. The first-order valence-corrected chi connectivity index (χ1v) is 8.00. The number of carbonyl (C=O) groups is 1. The minimum Gasteiger partial charge on any atom is -0.387 e. The van der Waals surface area contributed by atoms with E-state index in [-0.39, 0.29) is 30.2 Å². The molecule has 1 aromatic rings. The molecule has 0 aromatic heterocycles. The lowest BCUT2D eigenvalue weighted by atomic mass is 9.87. The second-order valence-electron chi connectivity index (χ2n) is 6.32. The first-order valence-electron chi connectivity index (χ1n) is 8.00. The third-order valence-electron chi connectivity index (χ3n) is 4.76. The molecule has 3 atom stereocenters. The van der Waals surface area contributed by atoms with E-state index in [1.807, 2.05) is 4.90 Å². The van der Waals surface area contributed by atoms with Crippen molar-refractivity contribution in [1.29, 1.82) is 0 Å². The molecule has 124 valence electrons. The number of hydrogen-bond acceptors (Lipinski definition) is 5. The molecule has 0 bridgehead atoms. The highest BCUT2D eigenvalue weighted by Crippen LogP contribution is 2.28. The van der Waals surface area contributed by atoms with Gasteiger partial charge in [0, 0.05) is 30.8 Å². The molecule has 1 aliphatic carbocycles. The summed E-state index contributed by atoms with van der Waals surface area (Å²) in [6.45, 7) is 0.586. The molecule has 1 amide bonds. The van der Waals surface area contributed by atoms with Crippen LogP contribution in [0.15, 0.2) is 24.3 Å². The van der Waals surface area contributed by atoms with Gasteiger partial charge in [-0.25, -0.2) is 0 Å². The van der Waals surface area contributed by atoms with E-state index in [2.05, 4.69) is 5.32 Å². The van der Waals surface area contributed by atoms with Gasteiger partial charge in [-0.1, -0.05) is 25.0 Å². The minimum atomic E-state index is -0.844. The number of non-ortho nitro benzene ring substituents is 1. The molecule has 2 aliphatic rings. The van der Waals surface area contributed by atoms with Crippen LogP contribution in [0.3, 0.4) is 0 Å². The van der Waals surface area contributed by atoms with Gasteiger partial charge >= 0.3 is 0 Å². The Bertz CT molecular complexity index is 607. The lowest BCUT2D eigenvalue weighted by Crippen LogP contribution is -2.62. The van der Waals surface area contributed by atoms with Crippen LogP contribution in [0.2, 0.25) is 0 Å². The second-order valence-corrected chi connectivity index (χ2v) is 6.32. The number of nitrogens with one attached hydrogen (secondary N) is 1. The van der Waals surface area contributed by atoms with Crippen LogP contribution in [-0.2, 0) is 4.79 Å². The molecule has 7 heteroatoms. The van der Waals surface area contributed by atoms with E-state index in [1.54, 1.807) is 12.1 Å². The van der Waals surface area contributed by atoms with Crippen molar-refractivity contribution in [2.45, 2.75) is 43.9 Å². The Kier molecular flexibility index (Phi) is 4.58. The Morgan fingerprint density at radius 2 is 2.17 bits per heavy atom. The first-order chi connectivity index (χ1) is 11.0. The molecule has 23 heavy (non-hydrogen) atoms. The Hall–Kier alpha value is -1.99. The number of aliphatic hydroxyl groups excluding tert-OH is 1. The standard InChI is InChI=1S/C16H21N3O4/c20-15(11-4-3-5-12(8-11)19(22)23)9-18-10-16(21)17-13-6-1-2-7-14(13)18/h3-5,8,13-15,20H,1-2,6-7,9-10H2,(H,17,21). The van der Waals surface area contributed by atoms with E-state index in [0.29, 0.717) is 12.1 Å². The van der Waals surface area contributed by atoms with E-state index in [4.69, 9.17) is 0 Å². The van der Waals surface area contributed by atoms with Crippen molar-refractivity contribution in [1.82, 2.24) is 10.2 Å². The van der Waals surface area contributed by atoms with Crippen LogP contribution >= 0.6 is 0 Å². The van der Waals surface area contributed by atoms with Crippen LogP contribution in [0.1, 0.15) is 37.4 Å². The minimum absolute atomic E-state index is 0.0145. The summed E-state index contributed by atoms with van der Waals surface area (Å²) in [4.78, 5) is 24.3. The van der Waals surface area contributed by atoms with Crippen LogP contribution in [0.25, 0.3) is 0 Å². The molecule has 0 spiro atoms. The van der Waals surface area contributed by atoms with Gasteiger partial charge in [-0.05, 0) is 18.4 Å². The molecule has 0 radical (unpaired) electrons. The number of amides is 1. The van der Waals surface area contributed by atoms with E-state index in [1.165, 1.54) is 12.1 Å². The summed E-state index contributed by atoms with van der Waals surface area (Å²) in [6.07, 6.45) is 3.37. The Morgan fingerprint density at radius 1 is 1.39 bits per heavy atom. The fourth-order valence-corrected chi connectivity index (χ4v) is 3.64. The predicted molar refractivity (Wildman–Crippen MR) is 83.8 cm³/mol. The van der Waals surface area contributed by atoms with Crippen molar-refractivity contribution in [3.63, 3.8) is 0 Å². The molecule has 1 saturated carbocycles. The van der Waals surface area contributed by atoms with Crippen LogP contribution in [0.4, 0.5) is 5.69 Å². The van der Waals surface area contributed by atoms with Crippen molar-refractivity contribution >= 4 is 11.6 Å². The molecule has 1 aromatic carbocycles. The van der Waals surface area contributed by atoms with Crippen LogP contribution in [0, 0.1) is 10.1 Å². The SMILES string of the molecule is O=C1CN(CC(O)c2cccc([N+](=O)[O-])c2)C2CCCCC2N1. The molecular formula is C16H21N3O4. The maximum absolute atomic E-state index is 11.9. The molecule has 1 saturated heterocycles. The third kappa shape index (κ3) is 3.51. The molecule has 2 fully saturated rings. The van der Waals surface area contributed by atoms with Crippen LogP contribution in [0.5, 0.6) is 0 Å². The molecule has 1 aliphatic heterocycles. The van der Waals surface area contributed by atoms with Crippen molar-refractivity contribution in [2.24, 2.45) is 0 Å². The summed E-state index contributed by atoms with van der Waals surface area (Å²) in [5, 5.41) is 24.4. The summed E-state index contributed by atoms with van der Waals surface area (Å²) in [7, 11) is 0. The van der Waals surface area contributed by atoms with Gasteiger partial charge in [0.1, 0.15) is 0 Å². The van der Waals surface area contributed by atoms with Crippen molar-refractivity contribution in [2.75, 3.05) is 13.1 Å². The number of fused-ring (bicyclic) bond motifs is 1. The number of carbonyl (C=O) groups excluding carboxylic acids is 1. The van der Waals surface area contributed by atoms with Crippen LogP contribution in [-0.4, -0.2) is 46.0 Å². The van der Waals surface area contributed by atoms with Gasteiger partial charge in [0.25, 0.3) is 5.69 Å². The zero-order chi connectivity index (χ0) is 16.4. The Morgan fingerprint density at radius 3 is 2.96 bits per heavy atom. The van der Waals surface area contributed by atoms with Crippen molar-refractivity contribution in [3.8, 4) is 0 Å². The molecule has 7 nitrogen and oxygen atoms in total. The normalized spacial score (nSPS) is 26.2. The number of nitrogens with zero attached hydrogens (tertiary/aromatic N) is 2. The summed E-state index contributed by atoms with van der Waals surface area (Å²) >= 11 is 0. The number of piperazine rings is 1. The fraction of sp³-hybridized carbons (Fsp3) is 0.562. The highest BCUT2D eigenvalue weighted by molar-refractivity contribution is 5.79. The lowest BCUT2D eigenvalue weighted by molar-refractivity contribution is -0.385. The topological polar surface area (TPSA) is 95.7 Å².